The Balaban J connectivity index is 1.83. The number of amides is 3. The second-order valence-corrected chi connectivity index (χ2v) is 7.60. The number of halogens is 3. The van der Waals surface area contributed by atoms with E-state index >= 15 is 0 Å². The maximum Gasteiger partial charge on any atom is 0.416 e. The molecule has 1 aromatic rings. The molecule has 0 unspecified atom stereocenters. The molecule has 0 aliphatic carbocycles. The van der Waals surface area contributed by atoms with Gasteiger partial charge in [-0.3, -0.25) is 9.59 Å². The van der Waals surface area contributed by atoms with Gasteiger partial charge in [-0.05, 0) is 45.0 Å². The second kappa shape index (κ2) is 8.71. The summed E-state index contributed by atoms with van der Waals surface area (Å²) in [6.07, 6.45) is -5.15. The van der Waals surface area contributed by atoms with Crippen LogP contribution in [0.15, 0.2) is 24.3 Å². The number of hydrogen-bond donors (Lipinski definition) is 1. The highest BCUT2D eigenvalue weighted by atomic mass is 19.4. The smallest absolute Gasteiger partial charge is 0.416 e. The van der Waals surface area contributed by atoms with E-state index in [9.17, 15) is 27.6 Å². The van der Waals surface area contributed by atoms with E-state index in [4.69, 9.17) is 4.74 Å². The molecule has 1 saturated heterocycles. The van der Waals surface area contributed by atoms with Gasteiger partial charge < -0.3 is 19.9 Å². The van der Waals surface area contributed by atoms with Crippen LogP contribution in [0.1, 0.15) is 36.7 Å². The minimum atomic E-state index is -4.46. The number of alkyl halides is 3. The zero-order valence-electron chi connectivity index (χ0n) is 16.5. The lowest BCUT2D eigenvalue weighted by molar-refractivity contribution is -0.137. The van der Waals surface area contributed by atoms with Gasteiger partial charge in [-0.25, -0.2) is 4.79 Å². The Morgan fingerprint density at radius 3 is 1.97 bits per heavy atom. The van der Waals surface area contributed by atoms with E-state index in [2.05, 4.69) is 5.32 Å². The average molecular weight is 415 g/mol. The van der Waals surface area contributed by atoms with E-state index in [1.165, 1.54) is 9.80 Å². The molecule has 29 heavy (non-hydrogen) atoms. The highest BCUT2D eigenvalue weighted by Crippen LogP contribution is 2.29. The molecule has 160 valence electrons. The summed E-state index contributed by atoms with van der Waals surface area (Å²) in [6, 6.07) is 4.03. The standard InChI is InChI=1S/C19H24F3N3O4/c1-18(2,3)29-17(28)23-12-15(26)24-8-10-25(11-9-24)16(27)13-4-6-14(7-5-13)19(20,21)22/h4-7H,8-12H2,1-3H3,(H,23,28). The van der Waals surface area contributed by atoms with Crippen molar-refractivity contribution >= 4 is 17.9 Å². The van der Waals surface area contributed by atoms with E-state index in [-0.39, 0.29) is 44.2 Å². The molecule has 0 aromatic heterocycles. The Kier molecular flexibility index (Phi) is 6.76. The van der Waals surface area contributed by atoms with Crippen LogP contribution in [-0.2, 0) is 15.7 Å². The van der Waals surface area contributed by atoms with Crippen molar-refractivity contribution in [2.75, 3.05) is 32.7 Å². The van der Waals surface area contributed by atoms with Crippen molar-refractivity contribution in [1.82, 2.24) is 15.1 Å². The molecule has 3 amide bonds. The van der Waals surface area contributed by atoms with Gasteiger partial charge in [0, 0.05) is 31.7 Å². The predicted octanol–water partition coefficient (Wildman–Crippen LogP) is 2.51. The number of hydrogen-bond acceptors (Lipinski definition) is 4. The van der Waals surface area contributed by atoms with E-state index < -0.39 is 29.3 Å². The lowest BCUT2D eigenvalue weighted by Crippen LogP contribution is -2.52. The maximum absolute atomic E-state index is 12.6. The van der Waals surface area contributed by atoms with Gasteiger partial charge in [0.1, 0.15) is 12.1 Å². The third-order valence-electron chi connectivity index (χ3n) is 4.16. The minimum absolute atomic E-state index is 0.157. The molecular weight excluding hydrogens is 391 g/mol. The van der Waals surface area contributed by atoms with Crippen molar-refractivity contribution in [3.63, 3.8) is 0 Å². The Labute approximate surface area is 166 Å². The van der Waals surface area contributed by atoms with Crippen LogP contribution in [0.2, 0.25) is 0 Å². The molecule has 0 radical (unpaired) electrons. The van der Waals surface area contributed by atoms with Crippen LogP contribution in [0.5, 0.6) is 0 Å². The molecule has 2 rings (SSSR count). The molecular formula is C19H24F3N3O4. The summed E-state index contributed by atoms with van der Waals surface area (Å²) in [5.74, 6) is -0.699. The summed E-state index contributed by atoms with van der Waals surface area (Å²) in [5, 5.41) is 2.39. The van der Waals surface area contributed by atoms with Crippen molar-refractivity contribution in [3.05, 3.63) is 35.4 Å². The fourth-order valence-electron chi connectivity index (χ4n) is 2.72. The Morgan fingerprint density at radius 2 is 1.48 bits per heavy atom. The molecule has 7 nitrogen and oxygen atoms in total. The number of piperazine rings is 1. The van der Waals surface area contributed by atoms with Crippen molar-refractivity contribution in [3.8, 4) is 0 Å². The summed E-state index contributed by atoms with van der Waals surface area (Å²) in [5.41, 5.74) is -1.33. The molecule has 1 aliphatic heterocycles. The molecule has 1 aromatic carbocycles. The van der Waals surface area contributed by atoms with Gasteiger partial charge in [0.05, 0.1) is 5.56 Å². The van der Waals surface area contributed by atoms with Gasteiger partial charge in [-0.15, -0.1) is 0 Å². The van der Waals surface area contributed by atoms with Crippen LogP contribution < -0.4 is 5.32 Å². The minimum Gasteiger partial charge on any atom is -0.444 e. The number of ether oxygens (including phenoxy) is 1. The van der Waals surface area contributed by atoms with Crippen LogP contribution in [0.25, 0.3) is 0 Å². The molecule has 1 aliphatic rings. The molecule has 0 bridgehead atoms. The maximum atomic E-state index is 12.6. The third kappa shape index (κ3) is 6.65. The van der Waals surface area contributed by atoms with Crippen molar-refractivity contribution in [2.45, 2.75) is 32.5 Å². The van der Waals surface area contributed by atoms with E-state index in [1.54, 1.807) is 20.8 Å². The zero-order chi connectivity index (χ0) is 21.8. The Hall–Kier alpha value is -2.78. The normalized spacial score (nSPS) is 15.1. The van der Waals surface area contributed by atoms with Crippen LogP contribution >= 0.6 is 0 Å². The molecule has 1 fully saturated rings. The first-order valence-electron chi connectivity index (χ1n) is 9.08. The van der Waals surface area contributed by atoms with Crippen LogP contribution in [0.4, 0.5) is 18.0 Å². The predicted molar refractivity (Wildman–Crippen MR) is 98.2 cm³/mol. The molecule has 0 saturated carbocycles. The zero-order valence-corrected chi connectivity index (χ0v) is 16.5. The van der Waals surface area contributed by atoms with Gasteiger partial charge in [0.2, 0.25) is 5.91 Å². The molecule has 10 heteroatoms. The van der Waals surface area contributed by atoms with Crippen LogP contribution in [0.3, 0.4) is 0 Å². The van der Waals surface area contributed by atoms with Gasteiger partial charge in [0.15, 0.2) is 0 Å². The number of rotatable bonds is 3. The molecule has 0 spiro atoms. The van der Waals surface area contributed by atoms with Gasteiger partial charge >= 0.3 is 12.3 Å². The van der Waals surface area contributed by atoms with Crippen molar-refractivity contribution < 1.29 is 32.3 Å². The number of nitrogens with one attached hydrogen (secondary N) is 1. The number of benzene rings is 1. The average Bonchev–Trinajstić information content (AvgIpc) is 2.63. The Bertz CT molecular complexity index is 749. The number of alkyl carbamates (subject to hydrolysis) is 1. The second-order valence-electron chi connectivity index (χ2n) is 7.60. The fraction of sp³-hybridized carbons (Fsp3) is 0.526. The SMILES string of the molecule is CC(C)(C)OC(=O)NCC(=O)N1CCN(C(=O)c2ccc(C(F)(F)F)cc2)CC1. The highest BCUT2D eigenvalue weighted by Gasteiger charge is 2.31. The Morgan fingerprint density at radius 1 is 0.966 bits per heavy atom. The van der Waals surface area contributed by atoms with Crippen molar-refractivity contribution in [1.29, 1.82) is 0 Å². The van der Waals surface area contributed by atoms with Gasteiger partial charge in [0.25, 0.3) is 5.91 Å². The monoisotopic (exact) mass is 415 g/mol. The number of carbonyl (C=O) groups excluding carboxylic acids is 3. The third-order valence-corrected chi connectivity index (χ3v) is 4.16. The summed E-state index contributed by atoms with van der Waals surface area (Å²) in [6.45, 7) is 5.93. The van der Waals surface area contributed by atoms with Crippen LogP contribution in [0, 0.1) is 0 Å². The first-order chi connectivity index (χ1) is 13.4. The van der Waals surface area contributed by atoms with Gasteiger partial charge in [-0.2, -0.15) is 13.2 Å². The molecule has 0 atom stereocenters. The van der Waals surface area contributed by atoms with E-state index in [0.29, 0.717) is 0 Å². The first kappa shape index (κ1) is 22.5. The quantitative estimate of drug-likeness (QED) is 0.823. The number of nitrogens with zero attached hydrogens (tertiary/aromatic N) is 2. The topological polar surface area (TPSA) is 79.0 Å². The fourth-order valence-corrected chi connectivity index (χ4v) is 2.72. The highest BCUT2D eigenvalue weighted by molar-refractivity contribution is 5.94. The lowest BCUT2D eigenvalue weighted by Gasteiger charge is -2.35. The molecule has 1 heterocycles. The lowest BCUT2D eigenvalue weighted by atomic mass is 10.1. The van der Waals surface area contributed by atoms with Crippen molar-refractivity contribution in [2.24, 2.45) is 0 Å². The van der Waals surface area contributed by atoms with E-state index in [0.717, 1.165) is 24.3 Å². The number of carbonyl (C=O) groups is 3. The molecule has 1 N–H and O–H groups in total. The summed E-state index contributed by atoms with van der Waals surface area (Å²) in [7, 11) is 0. The summed E-state index contributed by atoms with van der Waals surface area (Å²) >= 11 is 0. The summed E-state index contributed by atoms with van der Waals surface area (Å²) < 4.78 is 42.9. The first-order valence-corrected chi connectivity index (χ1v) is 9.08. The van der Waals surface area contributed by atoms with Gasteiger partial charge in [-0.1, -0.05) is 0 Å². The van der Waals surface area contributed by atoms with E-state index in [1.807, 2.05) is 0 Å². The largest absolute Gasteiger partial charge is 0.444 e. The summed E-state index contributed by atoms with van der Waals surface area (Å²) in [4.78, 5) is 39.2. The van der Waals surface area contributed by atoms with Crippen LogP contribution in [-0.4, -0.2) is 66.0 Å².